The molecular formula is C65H78O19. The first-order valence-corrected chi connectivity index (χ1v) is 27.8. The second-order valence-corrected chi connectivity index (χ2v) is 21.3. The van der Waals surface area contributed by atoms with E-state index >= 15 is 0 Å². The number of hydrogen-bond donors (Lipinski definition) is 1. The van der Waals surface area contributed by atoms with Crippen LogP contribution < -0.4 is 18.9 Å². The molecule has 19 heteroatoms. The largest absolute Gasteiger partial charge is 0.460 e. The number of ether oxygens (including phenoxy) is 9. The summed E-state index contributed by atoms with van der Waals surface area (Å²) in [4.78, 5) is 118. The fourth-order valence-corrected chi connectivity index (χ4v) is 9.14. The van der Waals surface area contributed by atoms with Crippen LogP contribution in [-0.4, -0.2) is 71.0 Å². The van der Waals surface area contributed by atoms with Gasteiger partial charge in [0.15, 0.2) is 6.10 Å². The SMILES string of the molecule is CCC(C)CC(C)CC(C)CC(C)/C=C(C)/C=C(/CC(C)C(=O)OC(C(=O)OCc1ccc(OC(C)=O)cc1)C(C(=O)OCc1ccc(OC(C)=O)cc1)C(O)C(=O)OCc1ccc(OC(C)=O)cc1)C(=O)OCc1ccc(OC(C)=O)cc1. The molecule has 4 aromatic carbocycles. The van der Waals surface area contributed by atoms with Gasteiger partial charge in [-0.3, -0.25) is 28.8 Å². The lowest BCUT2D eigenvalue weighted by molar-refractivity contribution is -0.190. The normalized spacial score (nSPS) is 14.3. The summed E-state index contributed by atoms with van der Waals surface area (Å²) in [7, 11) is 0. The van der Waals surface area contributed by atoms with Crippen LogP contribution in [0.3, 0.4) is 0 Å². The Balaban J connectivity index is 1.73. The van der Waals surface area contributed by atoms with E-state index in [2.05, 4.69) is 34.6 Å². The smallest absolute Gasteiger partial charge is 0.348 e. The summed E-state index contributed by atoms with van der Waals surface area (Å²) in [5.74, 6) is -9.64. The van der Waals surface area contributed by atoms with Gasteiger partial charge in [0.1, 0.15) is 55.3 Å². The fourth-order valence-electron chi connectivity index (χ4n) is 9.14. The number of hydrogen-bond acceptors (Lipinski definition) is 19. The number of rotatable bonds is 31. The Hall–Kier alpha value is -8.45. The zero-order valence-electron chi connectivity index (χ0n) is 49.7. The van der Waals surface area contributed by atoms with E-state index in [4.69, 9.17) is 42.6 Å². The predicted octanol–water partition coefficient (Wildman–Crippen LogP) is 10.6. The third-order valence-electron chi connectivity index (χ3n) is 13.1. The van der Waals surface area contributed by atoms with Gasteiger partial charge < -0.3 is 47.7 Å². The summed E-state index contributed by atoms with van der Waals surface area (Å²) >= 11 is 0. The number of carbonyl (C=O) groups excluding carboxylic acids is 9. The van der Waals surface area contributed by atoms with E-state index in [1.807, 2.05) is 13.0 Å². The maximum absolute atomic E-state index is 14.6. The van der Waals surface area contributed by atoms with E-state index in [1.54, 1.807) is 30.3 Å². The van der Waals surface area contributed by atoms with Gasteiger partial charge in [-0.1, -0.05) is 108 Å². The molecule has 0 heterocycles. The van der Waals surface area contributed by atoms with Gasteiger partial charge in [-0.25, -0.2) is 14.4 Å². The van der Waals surface area contributed by atoms with Crippen molar-refractivity contribution >= 4 is 53.7 Å². The molecule has 4 aromatic rings. The fraction of sp³-hybridized carbons (Fsp3) is 0.431. The second kappa shape index (κ2) is 34.2. The monoisotopic (exact) mass is 1160 g/mol. The van der Waals surface area contributed by atoms with Crippen molar-refractivity contribution in [3.05, 3.63) is 143 Å². The Morgan fingerprint density at radius 2 is 0.810 bits per heavy atom. The minimum Gasteiger partial charge on any atom is -0.460 e. The topological polar surface area (TPSA) is 257 Å². The van der Waals surface area contributed by atoms with Crippen molar-refractivity contribution in [2.45, 2.75) is 147 Å². The van der Waals surface area contributed by atoms with Crippen LogP contribution in [0.15, 0.2) is 120 Å². The van der Waals surface area contributed by atoms with Crippen molar-refractivity contribution in [3.8, 4) is 23.0 Å². The molecule has 0 aliphatic rings. The molecular weight excluding hydrogens is 1080 g/mol. The summed E-state index contributed by atoms with van der Waals surface area (Å²) in [6.07, 6.45) is 2.47. The van der Waals surface area contributed by atoms with Gasteiger partial charge in [0.05, 0.1) is 5.92 Å². The first-order valence-electron chi connectivity index (χ1n) is 27.8. The number of esters is 9. The lowest BCUT2D eigenvalue weighted by atomic mass is 9.84. The molecule has 0 aliphatic heterocycles. The minimum absolute atomic E-state index is 0.0312. The molecule has 0 saturated carbocycles. The van der Waals surface area contributed by atoms with Crippen LogP contribution in [0.4, 0.5) is 0 Å². The van der Waals surface area contributed by atoms with Gasteiger partial charge in [-0.05, 0) is 133 Å². The molecule has 8 atom stereocenters. The molecule has 0 aliphatic carbocycles. The van der Waals surface area contributed by atoms with Gasteiger partial charge in [-0.15, -0.1) is 0 Å². The van der Waals surface area contributed by atoms with Gasteiger partial charge in [-0.2, -0.15) is 0 Å². The molecule has 452 valence electrons. The molecule has 0 amide bonds. The van der Waals surface area contributed by atoms with Crippen molar-refractivity contribution in [1.29, 1.82) is 0 Å². The highest BCUT2D eigenvalue weighted by molar-refractivity contribution is 5.92. The van der Waals surface area contributed by atoms with Crippen LogP contribution in [0, 0.1) is 35.5 Å². The number of carbonyl (C=O) groups is 9. The molecule has 4 rings (SSSR count). The van der Waals surface area contributed by atoms with Crippen molar-refractivity contribution in [3.63, 3.8) is 0 Å². The van der Waals surface area contributed by atoms with Crippen LogP contribution in [0.1, 0.15) is 131 Å². The lowest BCUT2D eigenvalue weighted by Gasteiger charge is -2.28. The third-order valence-corrected chi connectivity index (χ3v) is 13.1. The quantitative estimate of drug-likeness (QED) is 0.0161. The molecule has 8 unspecified atom stereocenters. The van der Waals surface area contributed by atoms with Crippen LogP contribution in [0.5, 0.6) is 23.0 Å². The van der Waals surface area contributed by atoms with Crippen LogP contribution in [0.25, 0.3) is 0 Å². The van der Waals surface area contributed by atoms with Crippen LogP contribution >= 0.6 is 0 Å². The van der Waals surface area contributed by atoms with Crippen molar-refractivity contribution in [1.82, 2.24) is 0 Å². The number of benzene rings is 4. The van der Waals surface area contributed by atoms with Gasteiger partial charge in [0.25, 0.3) is 0 Å². The summed E-state index contributed by atoms with van der Waals surface area (Å²) in [5, 5.41) is 11.9. The lowest BCUT2D eigenvalue weighted by Crippen LogP contribution is -2.50. The highest BCUT2D eigenvalue weighted by atomic mass is 16.6. The molecule has 0 aromatic heterocycles. The maximum atomic E-state index is 14.6. The molecule has 84 heavy (non-hydrogen) atoms. The second-order valence-electron chi connectivity index (χ2n) is 21.3. The van der Waals surface area contributed by atoms with Crippen molar-refractivity contribution in [2.75, 3.05) is 0 Å². The van der Waals surface area contributed by atoms with E-state index in [-0.39, 0.29) is 47.5 Å². The maximum Gasteiger partial charge on any atom is 0.348 e. The van der Waals surface area contributed by atoms with Crippen LogP contribution in [0.2, 0.25) is 0 Å². The molecule has 0 radical (unpaired) electrons. The zero-order chi connectivity index (χ0) is 62.0. The standard InChI is InChI=1S/C65H78O19/c1-12-39(2)29-40(3)30-41(4)31-42(5)32-43(6)33-53(62(72)76-35-49-13-21-54(22-14-49)80-45(8)66)34-44(7)61(71)84-60(65(75)79-38-52-19-27-57(28-20-52)83-48(11)69)58(63(73)77-36-50-15-23-55(24-16-50)81-46(9)67)59(70)64(74)78-37-51-17-25-56(26-18-51)82-47(10)68/h13-28,32-33,39-42,44,58-60,70H,12,29-31,34-38H2,1-11H3/b43-32+,53-33-. The molecule has 0 fully saturated rings. The average molecular weight is 1160 g/mol. The Labute approximate surface area is 490 Å². The summed E-state index contributed by atoms with van der Waals surface area (Å²) in [6.45, 7) is 17.4. The summed E-state index contributed by atoms with van der Waals surface area (Å²) < 4.78 is 48.6. The Morgan fingerprint density at radius 1 is 0.452 bits per heavy atom. The number of aliphatic hydroxyl groups excluding tert-OH is 1. The highest BCUT2D eigenvalue weighted by Gasteiger charge is 2.48. The molecule has 19 nitrogen and oxygen atoms in total. The molecule has 0 saturated heterocycles. The van der Waals surface area contributed by atoms with Gasteiger partial charge in [0.2, 0.25) is 6.10 Å². The van der Waals surface area contributed by atoms with E-state index < -0.39 is 97.6 Å². The van der Waals surface area contributed by atoms with Crippen molar-refractivity contribution in [2.24, 2.45) is 35.5 Å². The summed E-state index contributed by atoms with van der Waals surface area (Å²) in [6, 6.07) is 23.7. The van der Waals surface area contributed by atoms with E-state index in [0.29, 0.717) is 45.6 Å². The minimum atomic E-state index is -2.57. The predicted molar refractivity (Wildman–Crippen MR) is 306 cm³/mol. The average Bonchev–Trinajstić information content (AvgIpc) is 3.37. The van der Waals surface area contributed by atoms with E-state index in [0.717, 1.165) is 25.7 Å². The summed E-state index contributed by atoms with van der Waals surface area (Å²) in [5.41, 5.74) is 2.30. The molecule has 0 bridgehead atoms. The highest BCUT2D eigenvalue weighted by Crippen LogP contribution is 2.29. The van der Waals surface area contributed by atoms with Crippen LogP contribution in [-0.2, 0) is 93.3 Å². The zero-order valence-corrected chi connectivity index (χ0v) is 49.7. The Kier molecular flexibility index (Phi) is 27.7. The van der Waals surface area contributed by atoms with Crippen molar-refractivity contribution < 1.29 is 90.9 Å². The number of aliphatic hydroxyl groups is 1. The first-order chi connectivity index (χ1) is 39.8. The first kappa shape index (κ1) is 68.1. The van der Waals surface area contributed by atoms with Gasteiger partial charge in [0, 0.05) is 33.3 Å². The molecule has 0 spiro atoms. The third kappa shape index (κ3) is 24.6. The van der Waals surface area contributed by atoms with E-state index in [9.17, 15) is 48.3 Å². The van der Waals surface area contributed by atoms with E-state index in [1.165, 1.54) is 107 Å². The van der Waals surface area contributed by atoms with Gasteiger partial charge >= 0.3 is 53.7 Å². The molecule has 1 N–H and O–H groups in total. The Bertz CT molecular complexity index is 2920. The Morgan fingerprint density at radius 3 is 1.20 bits per heavy atom. The number of allylic oxidation sites excluding steroid dienone is 3.